The van der Waals surface area contributed by atoms with Crippen molar-refractivity contribution in [2.24, 2.45) is 0 Å². The second-order valence-electron chi connectivity index (χ2n) is 8.70. The predicted octanol–water partition coefficient (Wildman–Crippen LogP) is 3.93. The van der Waals surface area contributed by atoms with Crippen LogP contribution in [0.25, 0.3) is 0 Å². The van der Waals surface area contributed by atoms with Crippen LogP contribution < -0.4 is 4.74 Å². The number of aliphatic carboxylic acids is 1. The molecule has 1 aromatic rings. The van der Waals surface area contributed by atoms with E-state index in [0.29, 0.717) is 13.1 Å². The molecule has 0 saturated carbocycles. The van der Waals surface area contributed by atoms with Crippen LogP contribution in [-0.2, 0) is 14.9 Å². The van der Waals surface area contributed by atoms with Crippen LogP contribution in [0.4, 0.5) is 4.79 Å². The zero-order valence-electron chi connectivity index (χ0n) is 16.6. The van der Waals surface area contributed by atoms with Crippen molar-refractivity contribution in [2.75, 3.05) is 20.2 Å². The lowest BCUT2D eigenvalue weighted by Gasteiger charge is -2.40. The molecule has 148 valence electrons. The van der Waals surface area contributed by atoms with Gasteiger partial charge in [-0.05, 0) is 74.6 Å². The lowest BCUT2D eigenvalue weighted by molar-refractivity contribution is -0.137. The molecule has 0 bridgehead atoms. The van der Waals surface area contributed by atoms with Crippen molar-refractivity contribution >= 4 is 12.1 Å². The zero-order valence-corrected chi connectivity index (χ0v) is 16.6. The summed E-state index contributed by atoms with van der Waals surface area (Å²) < 4.78 is 10.9. The number of fused-ring (bicyclic) bond motifs is 2. The molecule has 1 aliphatic heterocycles. The minimum Gasteiger partial charge on any atom is -0.497 e. The van der Waals surface area contributed by atoms with E-state index in [9.17, 15) is 14.7 Å². The Kier molecular flexibility index (Phi) is 5.10. The molecule has 0 aromatic heterocycles. The number of ether oxygens (including phenoxy) is 2. The van der Waals surface area contributed by atoms with Crippen molar-refractivity contribution in [1.82, 2.24) is 4.90 Å². The van der Waals surface area contributed by atoms with Crippen LogP contribution in [-0.4, -0.2) is 47.9 Å². The molecule has 3 rings (SSSR count). The molecule has 1 spiro atoms. The van der Waals surface area contributed by atoms with Crippen LogP contribution in [0, 0.1) is 0 Å². The number of amides is 1. The minimum atomic E-state index is -0.773. The highest BCUT2D eigenvalue weighted by atomic mass is 16.6. The Morgan fingerprint density at radius 2 is 1.93 bits per heavy atom. The average molecular weight is 375 g/mol. The van der Waals surface area contributed by atoms with E-state index < -0.39 is 11.6 Å². The number of methoxy groups -OCH3 is 1. The first kappa shape index (κ1) is 19.5. The normalized spacial score (nSPS) is 21.0. The fourth-order valence-corrected chi connectivity index (χ4v) is 4.48. The fourth-order valence-electron chi connectivity index (χ4n) is 4.48. The third-order valence-electron chi connectivity index (χ3n) is 5.70. The molecule has 1 unspecified atom stereocenters. The number of nitrogens with zero attached hydrogens (tertiary/aromatic N) is 1. The van der Waals surface area contributed by atoms with Gasteiger partial charge in [-0.25, -0.2) is 4.79 Å². The summed E-state index contributed by atoms with van der Waals surface area (Å²) in [5, 5.41) is 9.32. The molecular formula is C21H29NO5. The fraction of sp³-hybridized carbons (Fsp3) is 0.619. The zero-order chi connectivity index (χ0) is 19.8. The maximum Gasteiger partial charge on any atom is 0.410 e. The number of carbonyl (C=O) groups is 2. The summed E-state index contributed by atoms with van der Waals surface area (Å²) in [5.74, 6) is 0.0279. The molecule has 1 aromatic carbocycles. The topological polar surface area (TPSA) is 76.1 Å². The van der Waals surface area contributed by atoms with Gasteiger partial charge in [0.1, 0.15) is 11.4 Å². The van der Waals surface area contributed by atoms with Gasteiger partial charge in [-0.2, -0.15) is 0 Å². The lowest BCUT2D eigenvalue weighted by Crippen LogP contribution is -2.46. The Morgan fingerprint density at radius 3 is 2.48 bits per heavy atom. The van der Waals surface area contributed by atoms with Crippen molar-refractivity contribution in [3.8, 4) is 5.75 Å². The summed E-state index contributed by atoms with van der Waals surface area (Å²) in [6.45, 7) is 6.84. The third kappa shape index (κ3) is 4.04. The molecule has 1 atom stereocenters. The van der Waals surface area contributed by atoms with Crippen molar-refractivity contribution in [3.63, 3.8) is 0 Å². The van der Waals surface area contributed by atoms with Gasteiger partial charge in [-0.3, -0.25) is 4.79 Å². The van der Waals surface area contributed by atoms with Crippen molar-refractivity contribution in [1.29, 1.82) is 0 Å². The second kappa shape index (κ2) is 7.06. The smallest absolute Gasteiger partial charge is 0.410 e. The first-order valence-electron chi connectivity index (χ1n) is 9.52. The Hall–Kier alpha value is -2.24. The van der Waals surface area contributed by atoms with Gasteiger partial charge in [0, 0.05) is 13.1 Å². The largest absolute Gasteiger partial charge is 0.497 e. The van der Waals surface area contributed by atoms with E-state index in [0.717, 1.165) is 30.6 Å². The molecular weight excluding hydrogens is 346 g/mol. The van der Waals surface area contributed by atoms with Crippen molar-refractivity contribution < 1.29 is 24.2 Å². The summed E-state index contributed by atoms with van der Waals surface area (Å²) in [6.07, 6.45) is 2.29. The first-order valence-corrected chi connectivity index (χ1v) is 9.52. The van der Waals surface area contributed by atoms with Gasteiger partial charge >= 0.3 is 12.1 Å². The number of hydrogen-bond donors (Lipinski definition) is 1. The summed E-state index contributed by atoms with van der Waals surface area (Å²) in [5.41, 5.74) is 1.70. The van der Waals surface area contributed by atoms with Crippen LogP contribution in [0.5, 0.6) is 5.75 Å². The molecule has 1 aliphatic carbocycles. The minimum absolute atomic E-state index is 0.0106. The van der Waals surface area contributed by atoms with Gasteiger partial charge in [0.15, 0.2) is 0 Å². The molecule has 0 radical (unpaired) electrons. The maximum absolute atomic E-state index is 12.4. The SMILES string of the molecule is COc1ccc2c(c1)C1(CCN(C(=O)OC(C)(C)C)CC1)CC2CC(=O)O. The van der Waals surface area contributed by atoms with Gasteiger partial charge in [0.25, 0.3) is 0 Å². The highest BCUT2D eigenvalue weighted by Crippen LogP contribution is 2.53. The van der Waals surface area contributed by atoms with Crippen LogP contribution in [0.2, 0.25) is 0 Å². The number of carboxylic acid groups (broad SMARTS) is 1. The molecule has 6 heteroatoms. The van der Waals surface area contributed by atoms with E-state index in [1.807, 2.05) is 32.9 Å². The highest BCUT2D eigenvalue weighted by Gasteiger charge is 2.47. The molecule has 27 heavy (non-hydrogen) atoms. The average Bonchev–Trinajstić information content (AvgIpc) is 2.86. The van der Waals surface area contributed by atoms with E-state index in [1.165, 1.54) is 5.56 Å². The number of hydrogen-bond acceptors (Lipinski definition) is 4. The monoisotopic (exact) mass is 375 g/mol. The van der Waals surface area contributed by atoms with E-state index in [4.69, 9.17) is 9.47 Å². The molecule has 1 N–H and O–H groups in total. The quantitative estimate of drug-likeness (QED) is 0.866. The van der Waals surface area contributed by atoms with E-state index in [1.54, 1.807) is 12.0 Å². The summed E-state index contributed by atoms with van der Waals surface area (Å²) >= 11 is 0. The Balaban J connectivity index is 1.81. The summed E-state index contributed by atoms with van der Waals surface area (Å²) in [6, 6.07) is 5.97. The van der Waals surface area contributed by atoms with E-state index in [2.05, 4.69) is 6.07 Å². The predicted molar refractivity (Wildman–Crippen MR) is 101 cm³/mol. The number of carboxylic acids is 1. The molecule has 1 amide bonds. The van der Waals surface area contributed by atoms with E-state index >= 15 is 0 Å². The molecule has 1 heterocycles. The summed E-state index contributed by atoms with van der Waals surface area (Å²) in [7, 11) is 1.64. The Labute approximate surface area is 160 Å². The number of likely N-dealkylation sites (tertiary alicyclic amines) is 1. The molecule has 1 saturated heterocycles. The lowest BCUT2D eigenvalue weighted by atomic mass is 9.73. The molecule has 2 aliphatic rings. The van der Waals surface area contributed by atoms with Crippen LogP contribution in [0.1, 0.15) is 63.5 Å². The molecule has 6 nitrogen and oxygen atoms in total. The van der Waals surface area contributed by atoms with Crippen molar-refractivity contribution in [2.45, 2.75) is 63.4 Å². The first-order chi connectivity index (χ1) is 12.6. The van der Waals surface area contributed by atoms with Gasteiger partial charge < -0.3 is 19.5 Å². The van der Waals surface area contributed by atoms with Gasteiger partial charge in [0.05, 0.1) is 13.5 Å². The second-order valence-corrected chi connectivity index (χ2v) is 8.70. The number of benzene rings is 1. The highest BCUT2D eigenvalue weighted by molar-refractivity contribution is 5.70. The van der Waals surface area contributed by atoms with Crippen molar-refractivity contribution in [3.05, 3.63) is 29.3 Å². The Bertz CT molecular complexity index is 729. The van der Waals surface area contributed by atoms with Gasteiger partial charge in [0.2, 0.25) is 0 Å². The van der Waals surface area contributed by atoms with Crippen LogP contribution in [0.15, 0.2) is 18.2 Å². The maximum atomic E-state index is 12.4. The van der Waals surface area contributed by atoms with E-state index in [-0.39, 0.29) is 23.8 Å². The summed E-state index contributed by atoms with van der Waals surface area (Å²) in [4.78, 5) is 25.5. The number of carbonyl (C=O) groups excluding carboxylic acids is 1. The van der Waals surface area contributed by atoms with Gasteiger partial charge in [-0.15, -0.1) is 0 Å². The molecule has 1 fully saturated rings. The standard InChI is InChI=1S/C21H29NO5/c1-20(2,3)27-19(25)22-9-7-21(8-10-22)13-14(11-18(23)24)16-6-5-15(26-4)12-17(16)21/h5-6,12,14H,7-11,13H2,1-4H3,(H,23,24). The third-order valence-corrected chi connectivity index (χ3v) is 5.70. The number of rotatable bonds is 3. The van der Waals surface area contributed by atoms with Gasteiger partial charge in [-0.1, -0.05) is 6.07 Å². The van der Waals surface area contributed by atoms with Crippen LogP contribution >= 0.6 is 0 Å². The van der Waals surface area contributed by atoms with Crippen LogP contribution in [0.3, 0.4) is 0 Å². The Morgan fingerprint density at radius 1 is 1.26 bits per heavy atom. The number of piperidine rings is 1.